The van der Waals surface area contributed by atoms with Crippen LogP contribution in [-0.2, 0) is 18.3 Å². The van der Waals surface area contributed by atoms with Gasteiger partial charge in [-0.05, 0) is 46.6 Å². The number of anilines is 1. The molecular weight excluding hydrogens is 332 g/mol. The molecule has 0 radical (unpaired) electrons. The molecule has 3 heteroatoms. The van der Waals surface area contributed by atoms with Crippen LogP contribution in [0.4, 0.5) is 5.69 Å². The van der Waals surface area contributed by atoms with Crippen LogP contribution in [0.2, 0.25) is 0 Å². The lowest BCUT2D eigenvalue weighted by atomic mass is 9.80. The molecule has 2 aromatic rings. The van der Waals surface area contributed by atoms with Gasteiger partial charge >= 0.3 is 0 Å². The summed E-state index contributed by atoms with van der Waals surface area (Å²) in [6, 6.07) is 17.0. The van der Waals surface area contributed by atoms with E-state index in [9.17, 15) is 5.11 Å². The summed E-state index contributed by atoms with van der Waals surface area (Å²) < 4.78 is 0. The van der Waals surface area contributed by atoms with Crippen LogP contribution in [0.1, 0.15) is 30.5 Å². The Balaban J connectivity index is 1.31. The van der Waals surface area contributed by atoms with Crippen molar-refractivity contribution in [1.29, 1.82) is 0 Å². The van der Waals surface area contributed by atoms with Gasteiger partial charge in [0.2, 0.25) is 0 Å². The lowest BCUT2D eigenvalue weighted by molar-refractivity contribution is 0.0132. The van der Waals surface area contributed by atoms with E-state index >= 15 is 0 Å². The predicted octanol–water partition coefficient (Wildman–Crippen LogP) is 3.25. The van der Waals surface area contributed by atoms with Crippen LogP contribution in [-0.4, -0.2) is 35.2 Å². The van der Waals surface area contributed by atoms with Crippen molar-refractivity contribution < 1.29 is 5.11 Å². The fourth-order valence-electron chi connectivity index (χ4n) is 6.51. The molecule has 0 spiro atoms. The van der Waals surface area contributed by atoms with Gasteiger partial charge in [0.25, 0.3) is 0 Å². The summed E-state index contributed by atoms with van der Waals surface area (Å²) in [6.07, 6.45) is 1.58. The number of rotatable bonds is 4. The Labute approximate surface area is 162 Å². The van der Waals surface area contributed by atoms with Gasteiger partial charge in [0.05, 0.1) is 5.60 Å². The van der Waals surface area contributed by atoms with Gasteiger partial charge in [-0.3, -0.25) is 4.90 Å². The maximum Gasteiger partial charge on any atom is 0.0854 e. The number of nitrogen functional groups attached to an aromatic ring is 1. The molecule has 142 valence electrons. The fraction of sp³-hybridized carbons (Fsp3) is 0.500. The first kappa shape index (κ1) is 17.3. The highest BCUT2D eigenvalue weighted by Crippen LogP contribution is 2.67. The molecule has 3 N–H and O–H groups in total. The van der Waals surface area contributed by atoms with Gasteiger partial charge in [0.15, 0.2) is 0 Å². The second kappa shape index (κ2) is 5.83. The molecule has 2 aliphatic carbocycles. The Bertz CT molecular complexity index is 837. The van der Waals surface area contributed by atoms with Crippen molar-refractivity contribution in [3.63, 3.8) is 0 Å². The molecule has 3 aliphatic rings. The minimum Gasteiger partial charge on any atom is -0.399 e. The summed E-state index contributed by atoms with van der Waals surface area (Å²) in [5.74, 6) is 1.98. The van der Waals surface area contributed by atoms with E-state index in [1.807, 2.05) is 6.07 Å². The van der Waals surface area contributed by atoms with Gasteiger partial charge in [0, 0.05) is 43.6 Å². The summed E-state index contributed by atoms with van der Waals surface area (Å²) in [6.45, 7) is 7.69. The highest BCUT2D eigenvalue weighted by atomic mass is 16.3. The predicted molar refractivity (Wildman–Crippen MR) is 110 cm³/mol. The summed E-state index contributed by atoms with van der Waals surface area (Å²) in [4.78, 5) is 2.51. The highest BCUT2D eigenvalue weighted by Gasteiger charge is 2.69. The maximum absolute atomic E-state index is 11.2. The van der Waals surface area contributed by atoms with Crippen LogP contribution in [0.15, 0.2) is 48.5 Å². The number of hydrogen-bond donors (Lipinski definition) is 2. The van der Waals surface area contributed by atoms with Gasteiger partial charge in [-0.2, -0.15) is 0 Å². The minimum absolute atomic E-state index is 0.271. The van der Waals surface area contributed by atoms with Gasteiger partial charge in [0.1, 0.15) is 0 Å². The molecule has 27 heavy (non-hydrogen) atoms. The van der Waals surface area contributed by atoms with Gasteiger partial charge < -0.3 is 10.8 Å². The quantitative estimate of drug-likeness (QED) is 0.821. The number of likely N-dealkylation sites (tertiary alicyclic amines) is 1. The fourth-order valence-corrected chi connectivity index (χ4v) is 6.51. The lowest BCUT2D eigenvalue weighted by Crippen LogP contribution is -2.45. The zero-order valence-electron chi connectivity index (χ0n) is 16.4. The second-order valence-corrected chi connectivity index (χ2v) is 9.47. The molecule has 2 atom stereocenters. The summed E-state index contributed by atoms with van der Waals surface area (Å²) in [5, 5.41) is 11.2. The van der Waals surface area contributed by atoms with Crippen LogP contribution >= 0.6 is 0 Å². The first-order valence-electron chi connectivity index (χ1n) is 10.3. The topological polar surface area (TPSA) is 49.5 Å². The summed E-state index contributed by atoms with van der Waals surface area (Å²) >= 11 is 0. The van der Waals surface area contributed by atoms with E-state index in [4.69, 9.17) is 5.73 Å². The Kier molecular flexibility index (Phi) is 3.73. The normalized spacial score (nSPS) is 31.1. The van der Waals surface area contributed by atoms with E-state index < -0.39 is 5.60 Å². The molecule has 2 fully saturated rings. The molecule has 3 nitrogen and oxygen atoms in total. The van der Waals surface area contributed by atoms with E-state index in [2.05, 4.69) is 61.2 Å². The molecule has 0 bridgehead atoms. The van der Waals surface area contributed by atoms with E-state index in [-0.39, 0.29) is 5.41 Å². The Morgan fingerprint density at radius 1 is 1.04 bits per heavy atom. The van der Waals surface area contributed by atoms with Crippen molar-refractivity contribution in [3.05, 3.63) is 65.2 Å². The van der Waals surface area contributed by atoms with Crippen molar-refractivity contribution in [2.24, 2.45) is 17.8 Å². The van der Waals surface area contributed by atoms with E-state index in [1.165, 1.54) is 16.7 Å². The second-order valence-electron chi connectivity index (χ2n) is 9.47. The van der Waals surface area contributed by atoms with Gasteiger partial charge in [-0.25, -0.2) is 0 Å². The van der Waals surface area contributed by atoms with Crippen LogP contribution in [0.3, 0.4) is 0 Å². The molecule has 0 amide bonds. The molecular formula is C24H30N2O. The van der Waals surface area contributed by atoms with Crippen LogP contribution in [0.5, 0.6) is 0 Å². The number of β-amino-alcohol motifs (C(OH)–C–C–N with tert-alkyl or cyclic N) is 1. The lowest BCUT2D eigenvalue weighted by Gasteiger charge is -2.34. The first-order chi connectivity index (χ1) is 12.9. The Hall–Kier alpha value is -1.84. The van der Waals surface area contributed by atoms with Crippen LogP contribution in [0.25, 0.3) is 0 Å². The molecule has 1 heterocycles. The maximum atomic E-state index is 11.2. The van der Waals surface area contributed by atoms with E-state index in [1.54, 1.807) is 0 Å². The molecule has 1 saturated heterocycles. The van der Waals surface area contributed by atoms with Crippen LogP contribution in [0, 0.1) is 17.8 Å². The Morgan fingerprint density at radius 2 is 1.67 bits per heavy atom. The van der Waals surface area contributed by atoms with Crippen molar-refractivity contribution in [1.82, 2.24) is 4.90 Å². The Morgan fingerprint density at radius 3 is 2.22 bits per heavy atom. The third-order valence-electron chi connectivity index (χ3n) is 7.53. The summed E-state index contributed by atoms with van der Waals surface area (Å²) in [7, 11) is 0. The standard InChI is InChI=1S/C24H30N2O/c1-16(2)24(19-8-5-9-20(25)10-19)21-13-26(14-22(21)24)15-23(27)11-17-6-3-4-7-18(17)12-23/h3-10,16,21-22,27H,11-15,25H2,1-2H3. The summed E-state index contributed by atoms with van der Waals surface area (Å²) in [5.41, 5.74) is 10.7. The number of hydrogen-bond acceptors (Lipinski definition) is 3. The number of fused-ring (bicyclic) bond motifs is 2. The third kappa shape index (κ3) is 2.55. The van der Waals surface area contributed by atoms with E-state index in [0.29, 0.717) is 17.8 Å². The average molecular weight is 363 g/mol. The molecule has 5 rings (SSSR count). The third-order valence-corrected chi connectivity index (χ3v) is 7.53. The largest absolute Gasteiger partial charge is 0.399 e. The SMILES string of the molecule is CC(C)C1(c2cccc(N)c2)C2CN(CC3(O)Cc4ccccc4C3)CC21. The molecule has 1 saturated carbocycles. The molecule has 0 aromatic heterocycles. The minimum atomic E-state index is -0.599. The molecule has 1 aliphatic heterocycles. The smallest absolute Gasteiger partial charge is 0.0854 e. The monoisotopic (exact) mass is 362 g/mol. The van der Waals surface area contributed by atoms with Gasteiger partial charge in [-0.15, -0.1) is 0 Å². The van der Waals surface area contributed by atoms with Gasteiger partial charge in [-0.1, -0.05) is 50.2 Å². The first-order valence-corrected chi connectivity index (χ1v) is 10.3. The number of benzene rings is 2. The molecule has 2 aromatic carbocycles. The van der Waals surface area contributed by atoms with Crippen molar-refractivity contribution in [3.8, 4) is 0 Å². The van der Waals surface area contributed by atoms with E-state index in [0.717, 1.165) is 38.2 Å². The zero-order valence-corrected chi connectivity index (χ0v) is 16.4. The number of piperidine rings is 1. The average Bonchev–Trinajstić information content (AvgIpc) is 2.88. The number of nitrogens with two attached hydrogens (primary N) is 1. The highest BCUT2D eigenvalue weighted by molar-refractivity contribution is 5.48. The zero-order chi connectivity index (χ0) is 18.8. The van der Waals surface area contributed by atoms with Crippen LogP contribution < -0.4 is 5.73 Å². The molecule has 2 unspecified atom stereocenters. The van der Waals surface area contributed by atoms with Crippen molar-refractivity contribution in [2.45, 2.75) is 37.7 Å². The van der Waals surface area contributed by atoms with Crippen molar-refractivity contribution in [2.75, 3.05) is 25.4 Å². The number of nitrogens with zero attached hydrogens (tertiary/aromatic N) is 1. The van der Waals surface area contributed by atoms with Crippen molar-refractivity contribution >= 4 is 5.69 Å². The number of aliphatic hydroxyl groups is 1.